The van der Waals surface area contributed by atoms with E-state index in [1.165, 1.54) is 35.5 Å². The Kier molecular flexibility index (Phi) is 2.34. The van der Waals surface area contributed by atoms with Crippen LogP contribution in [0.15, 0.2) is 22.3 Å². The molecule has 10 heavy (non-hydrogen) atoms. The molecule has 1 aliphatic rings. The van der Waals surface area contributed by atoms with E-state index in [0.29, 0.717) is 0 Å². The first-order valence-electron chi connectivity index (χ1n) is 3.66. The third-order valence-corrected chi connectivity index (χ3v) is 5.53. The van der Waals surface area contributed by atoms with Gasteiger partial charge in [-0.1, -0.05) is 0 Å². The van der Waals surface area contributed by atoms with Crippen molar-refractivity contribution in [3.63, 3.8) is 0 Å². The predicted molar refractivity (Wildman–Crippen MR) is 46.3 cm³/mol. The molecule has 0 radical (unpaired) electrons. The van der Waals surface area contributed by atoms with Crippen molar-refractivity contribution in [1.29, 1.82) is 0 Å². The first kappa shape index (κ1) is 8.45. The van der Waals surface area contributed by atoms with Gasteiger partial charge in [0, 0.05) is 0 Å². The maximum atomic E-state index is 2.27. The maximum absolute atomic E-state index is 2.27. The third-order valence-electron chi connectivity index (χ3n) is 2.68. The van der Waals surface area contributed by atoms with Gasteiger partial charge in [0.2, 0.25) is 0 Å². The first-order chi connectivity index (χ1) is 4.55. The van der Waals surface area contributed by atoms with Crippen LogP contribution < -0.4 is 0 Å². The van der Waals surface area contributed by atoms with Crippen LogP contribution in [0.5, 0.6) is 0 Å². The Balaban J connectivity index is 3.09. The summed E-state index contributed by atoms with van der Waals surface area (Å²) in [5.74, 6) is 0. The van der Waals surface area contributed by atoms with Crippen molar-refractivity contribution < 1.29 is 0 Å². The minimum atomic E-state index is 0.824. The summed E-state index contributed by atoms with van der Waals surface area (Å²) in [7, 11) is 0. The zero-order valence-electron chi connectivity index (χ0n) is 7.15. The first-order valence-corrected chi connectivity index (χ1v) is 5.56. The molecule has 0 aromatic heterocycles. The second-order valence-electron chi connectivity index (χ2n) is 3.09. The van der Waals surface area contributed by atoms with Crippen LogP contribution in [0.25, 0.3) is 0 Å². The summed E-state index contributed by atoms with van der Waals surface area (Å²) >= 11 is 1.35. The molecule has 0 unspecified atom stereocenters. The van der Waals surface area contributed by atoms with Crippen LogP contribution in [-0.4, -0.2) is 24.4 Å². The van der Waals surface area contributed by atoms with E-state index in [-0.39, 0.29) is 0 Å². The van der Waals surface area contributed by atoms with E-state index < -0.39 is 0 Å². The molecule has 0 saturated carbocycles. The van der Waals surface area contributed by atoms with Crippen molar-refractivity contribution in [3.8, 4) is 0 Å². The van der Waals surface area contributed by atoms with Gasteiger partial charge in [0.15, 0.2) is 0 Å². The van der Waals surface area contributed by atoms with Crippen LogP contribution in [0.1, 0.15) is 27.7 Å². The molecule has 0 N–H and O–H groups in total. The Morgan fingerprint density at radius 2 is 1.20 bits per heavy atom. The summed E-state index contributed by atoms with van der Waals surface area (Å²) < 4.78 is 0.824. The fourth-order valence-electron chi connectivity index (χ4n) is 1.38. The van der Waals surface area contributed by atoms with Gasteiger partial charge in [0.05, 0.1) is 0 Å². The molecule has 0 aliphatic heterocycles. The van der Waals surface area contributed by atoms with Crippen molar-refractivity contribution in [1.82, 2.24) is 0 Å². The summed E-state index contributed by atoms with van der Waals surface area (Å²) in [6.45, 7) is 9.02. The summed E-state index contributed by atoms with van der Waals surface area (Å²) in [4.78, 5) is 0. The molecule has 1 rings (SSSR count). The standard InChI is InChI=1S/C9H13.In/c1-6-5-7(2)9(4)8(6)3;/h5H,1-4H3;/q;+2. The van der Waals surface area contributed by atoms with Gasteiger partial charge in [-0.25, -0.2) is 0 Å². The van der Waals surface area contributed by atoms with Crippen LogP contribution in [-0.2, 0) is 0 Å². The molecule has 0 spiro atoms. The molecule has 0 fully saturated rings. The zero-order chi connectivity index (χ0) is 7.89. The van der Waals surface area contributed by atoms with Crippen LogP contribution >= 0.6 is 0 Å². The van der Waals surface area contributed by atoms with Crippen LogP contribution in [0.4, 0.5) is 0 Å². The van der Waals surface area contributed by atoms with Gasteiger partial charge in [-0.2, -0.15) is 0 Å². The number of hydrogen-bond donors (Lipinski definition) is 0. The van der Waals surface area contributed by atoms with Crippen LogP contribution in [0.3, 0.4) is 0 Å². The summed E-state index contributed by atoms with van der Waals surface area (Å²) in [5, 5.41) is 0. The van der Waals surface area contributed by atoms with Crippen LogP contribution in [0.2, 0.25) is 3.67 Å². The molecule has 0 heterocycles. The Hall–Kier alpha value is 0.350. The molecule has 0 saturated heterocycles. The summed E-state index contributed by atoms with van der Waals surface area (Å²) in [6, 6.07) is 0. The summed E-state index contributed by atoms with van der Waals surface area (Å²) in [5.41, 5.74) is 6.29. The number of allylic oxidation sites excluding steroid dienone is 4. The molecule has 0 nitrogen and oxygen atoms in total. The summed E-state index contributed by atoms with van der Waals surface area (Å²) in [6.07, 6.45) is 0. The van der Waals surface area contributed by atoms with Crippen molar-refractivity contribution >= 4 is 24.4 Å². The van der Waals surface area contributed by atoms with E-state index in [1.807, 2.05) is 0 Å². The average molecular weight is 236 g/mol. The molecule has 0 atom stereocenters. The average Bonchev–Trinajstić information content (AvgIpc) is 2.07. The van der Waals surface area contributed by atoms with E-state index in [0.717, 1.165) is 3.67 Å². The normalized spacial score (nSPS) is 21.4. The second-order valence-corrected chi connectivity index (χ2v) is 5.00. The number of hydrogen-bond acceptors (Lipinski definition) is 0. The molecule has 0 amide bonds. The zero-order valence-corrected chi connectivity index (χ0v) is 10.5. The Labute approximate surface area is 78.0 Å². The van der Waals surface area contributed by atoms with E-state index in [4.69, 9.17) is 0 Å². The van der Waals surface area contributed by atoms with Gasteiger partial charge < -0.3 is 0 Å². The fraction of sp³-hybridized carbons (Fsp3) is 0.556. The number of rotatable bonds is 0. The van der Waals surface area contributed by atoms with E-state index >= 15 is 0 Å². The SMILES string of the molecule is CC1=C(C)[CH]([In+2])C(C)=C1C. The van der Waals surface area contributed by atoms with Crippen molar-refractivity contribution in [2.45, 2.75) is 31.4 Å². The molecule has 1 heteroatoms. The molecular formula is C9H13In+2. The monoisotopic (exact) mass is 236 g/mol. The molecular weight excluding hydrogens is 223 g/mol. The van der Waals surface area contributed by atoms with E-state index in [2.05, 4.69) is 27.7 Å². The van der Waals surface area contributed by atoms with Gasteiger partial charge in [-0.3, -0.25) is 0 Å². The Morgan fingerprint density at radius 1 is 0.900 bits per heavy atom. The van der Waals surface area contributed by atoms with Crippen molar-refractivity contribution in [3.05, 3.63) is 22.3 Å². The minimum absolute atomic E-state index is 0.824. The quantitative estimate of drug-likeness (QED) is 0.606. The third kappa shape index (κ3) is 1.09. The Bertz CT molecular complexity index is 197. The van der Waals surface area contributed by atoms with Gasteiger partial charge in [-0.15, -0.1) is 0 Å². The molecule has 0 aromatic carbocycles. The van der Waals surface area contributed by atoms with Gasteiger partial charge in [0.25, 0.3) is 0 Å². The Morgan fingerprint density at radius 3 is 1.30 bits per heavy atom. The molecule has 0 bridgehead atoms. The predicted octanol–water partition coefficient (Wildman–Crippen LogP) is 2.63. The van der Waals surface area contributed by atoms with Gasteiger partial charge in [-0.05, 0) is 0 Å². The van der Waals surface area contributed by atoms with Crippen molar-refractivity contribution in [2.24, 2.45) is 0 Å². The molecule has 50 valence electrons. The van der Waals surface area contributed by atoms with Crippen molar-refractivity contribution in [2.75, 3.05) is 0 Å². The van der Waals surface area contributed by atoms with Crippen LogP contribution in [0, 0.1) is 0 Å². The molecule has 0 aromatic rings. The molecule has 1 aliphatic carbocycles. The second kappa shape index (κ2) is 2.77. The van der Waals surface area contributed by atoms with E-state index in [9.17, 15) is 0 Å². The topological polar surface area (TPSA) is 0 Å². The van der Waals surface area contributed by atoms with E-state index in [1.54, 1.807) is 11.1 Å². The van der Waals surface area contributed by atoms with Gasteiger partial charge >= 0.3 is 78.0 Å². The fourth-order valence-corrected chi connectivity index (χ4v) is 2.81. The van der Waals surface area contributed by atoms with Gasteiger partial charge in [0.1, 0.15) is 0 Å².